The summed E-state index contributed by atoms with van der Waals surface area (Å²) in [4.78, 5) is 31.3. The normalized spacial score (nSPS) is 15.2. The van der Waals surface area contributed by atoms with Gasteiger partial charge in [0.25, 0.3) is 11.8 Å². The molecule has 3 aromatic rings. The molecule has 0 bridgehead atoms. The maximum absolute atomic E-state index is 14.3. The van der Waals surface area contributed by atoms with E-state index in [0.717, 1.165) is 12.1 Å². The Kier molecular flexibility index (Phi) is 4.77. The first-order valence-electron chi connectivity index (χ1n) is 9.38. The zero-order valence-electron chi connectivity index (χ0n) is 16.5. The molecule has 0 spiro atoms. The molecular formula is C19H22FN7O2. The minimum absolute atomic E-state index is 0.136. The minimum atomic E-state index is -1.15. The van der Waals surface area contributed by atoms with E-state index in [0.29, 0.717) is 42.7 Å². The molecule has 0 aliphatic carbocycles. The second-order valence-electron chi connectivity index (χ2n) is 7.22. The number of carbonyl (C=O) groups excluding carboxylic acids is 1. The summed E-state index contributed by atoms with van der Waals surface area (Å²) < 4.78 is 21.3. The summed E-state index contributed by atoms with van der Waals surface area (Å²) in [6.07, 6.45) is 7.65. The van der Waals surface area contributed by atoms with Crippen LogP contribution in [-0.4, -0.2) is 56.1 Å². The maximum atomic E-state index is 14.3. The number of fused-ring (bicyclic) bond motifs is 1. The van der Waals surface area contributed by atoms with Gasteiger partial charge < -0.3 is 15.0 Å². The quantitative estimate of drug-likeness (QED) is 0.680. The third kappa shape index (κ3) is 3.69. The van der Waals surface area contributed by atoms with Crippen molar-refractivity contribution in [1.29, 1.82) is 0 Å². The molecule has 1 amide bonds. The molecule has 1 fully saturated rings. The number of alkyl halides is 1. The van der Waals surface area contributed by atoms with E-state index < -0.39 is 11.6 Å². The van der Waals surface area contributed by atoms with Gasteiger partial charge in [-0.3, -0.25) is 9.20 Å². The number of halogens is 1. The average Bonchev–Trinajstić information content (AvgIpc) is 3.05. The van der Waals surface area contributed by atoms with Crippen LogP contribution in [0.25, 0.3) is 5.65 Å². The fourth-order valence-corrected chi connectivity index (χ4v) is 3.48. The van der Waals surface area contributed by atoms with Gasteiger partial charge in [0.15, 0.2) is 5.82 Å². The Morgan fingerprint density at radius 3 is 2.72 bits per heavy atom. The summed E-state index contributed by atoms with van der Waals surface area (Å²) in [5.41, 5.74) is 0.351. The van der Waals surface area contributed by atoms with Crippen molar-refractivity contribution in [2.24, 2.45) is 0 Å². The molecule has 0 unspecified atom stereocenters. The smallest absolute Gasteiger partial charge is 0.277 e. The number of nitrogens with zero attached hydrogens (tertiary/aromatic N) is 6. The van der Waals surface area contributed by atoms with Crippen LogP contribution in [0.2, 0.25) is 0 Å². The summed E-state index contributed by atoms with van der Waals surface area (Å²) in [5, 5.41) is 2.69. The zero-order chi connectivity index (χ0) is 20.6. The van der Waals surface area contributed by atoms with Crippen LogP contribution in [-0.2, 0) is 0 Å². The average molecular weight is 399 g/mol. The lowest BCUT2D eigenvalue weighted by molar-refractivity contribution is 0.101. The Balaban J connectivity index is 1.46. The van der Waals surface area contributed by atoms with Crippen LogP contribution in [0.4, 0.5) is 16.0 Å². The number of anilines is 2. The molecule has 3 aromatic heterocycles. The van der Waals surface area contributed by atoms with Crippen molar-refractivity contribution in [2.75, 3.05) is 30.4 Å². The van der Waals surface area contributed by atoms with Gasteiger partial charge in [0.05, 0.1) is 44.5 Å². The van der Waals surface area contributed by atoms with Crippen LogP contribution in [0, 0.1) is 6.92 Å². The highest BCUT2D eigenvalue weighted by atomic mass is 19.1. The van der Waals surface area contributed by atoms with Gasteiger partial charge in [-0.2, -0.15) is 4.98 Å². The topological polar surface area (TPSA) is 97.5 Å². The van der Waals surface area contributed by atoms with Gasteiger partial charge in [-0.25, -0.2) is 19.3 Å². The highest BCUT2D eigenvalue weighted by Crippen LogP contribution is 2.32. The molecule has 10 heteroatoms. The van der Waals surface area contributed by atoms with Crippen molar-refractivity contribution in [3.63, 3.8) is 0 Å². The first kappa shape index (κ1) is 19.0. The number of aromatic nitrogens is 5. The molecule has 0 radical (unpaired) electrons. The van der Waals surface area contributed by atoms with Gasteiger partial charge in [0.1, 0.15) is 17.2 Å². The fraction of sp³-hybridized carbons (Fsp3) is 0.421. The van der Waals surface area contributed by atoms with Crippen LogP contribution < -0.4 is 15.0 Å². The summed E-state index contributed by atoms with van der Waals surface area (Å²) in [6.45, 7) is 4.42. The molecule has 4 heterocycles. The Bertz CT molecular complexity index is 1040. The van der Waals surface area contributed by atoms with E-state index in [1.54, 1.807) is 16.8 Å². The predicted molar refractivity (Wildman–Crippen MR) is 105 cm³/mol. The van der Waals surface area contributed by atoms with Crippen LogP contribution in [0.5, 0.6) is 5.88 Å². The van der Waals surface area contributed by atoms with Crippen molar-refractivity contribution < 1.29 is 13.9 Å². The number of carbonyl (C=O) groups is 1. The van der Waals surface area contributed by atoms with E-state index >= 15 is 0 Å². The summed E-state index contributed by atoms with van der Waals surface area (Å²) in [6, 6.07) is 0. The molecule has 0 atom stereocenters. The van der Waals surface area contributed by atoms with Crippen LogP contribution in [0.15, 0.2) is 24.8 Å². The number of rotatable bonds is 6. The SMILES string of the molecule is CCCC1(F)CN(c2cnc(C(=O)Nc3cn4cc(C)nc4c(OC)n3)cn2)C1. The minimum Gasteiger partial charge on any atom is -0.478 e. The summed E-state index contributed by atoms with van der Waals surface area (Å²) in [5.74, 6) is 0.703. The van der Waals surface area contributed by atoms with Crippen molar-refractivity contribution >= 4 is 23.2 Å². The van der Waals surface area contributed by atoms with Crippen molar-refractivity contribution in [3.05, 3.63) is 36.2 Å². The number of imidazole rings is 1. The van der Waals surface area contributed by atoms with Crippen molar-refractivity contribution in [2.45, 2.75) is 32.4 Å². The standard InChI is InChI=1S/C19H22FN7O2/c1-4-5-19(20)10-27(11-19)15-7-21-13(6-22-15)17(28)24-14-9-26-8-12(2)23-16(26)18(25-14)29-3/h6-9H,4-5,10-11H2,1-3H3,(H,24,28). The van der Waals surface area contributed by atoms with Gasteiger partial charge in [0.2, 0.25) is 5.65 Å². The Hall–Kier alpha value is -3.30. The number of methoxy groups -OCH3 is 1. The highest BCUT2D eigenvalue weighted by Gasteiger charge is 2.43. The molecule has 1 N–H and O–H groups in total. The molecule has 1 saturated heterocycles. The number of hydrogen-bond donors (Lipinski definition) is 1. The van der Waals surface area contributed by atoms with Gasteiger partial charge in [-0.15, -0.1) is 0 Å². The first-order valence-corrected chi connectivity index (χ1v) is 9.38. The van der Waals surface area contributed by atoms with E-state index in [4.69, 9.17) is 4.74 Å². The molecule has 29 heavy (non-hydrogen) atoms. The van der Waals surface area contributed by atoms with E-state index in [1.165, 1.54) is 19.5 Å². The molecule has 0 aromatic carbocycles. The monoisotopic (exact) mass is 399 g/mol. The largest absolute Gasteiger partial charge is 0.478 e. The van der Waals surface area contributed by atoms with Crippen LogP contribution in [0.1, 0.15) is 35.9 Å². The molecule has 0 saturated carbocycles. The first-order chi connectivity index (χ1) is 13.9. The second-order valence-corrected chi connectivity index (χ2v) is 7.22. The predicted octanol–water partition coefficient (Wildman–Crippen LogP) is 2.42. The Morgan fingerprint density at radius 2 is 2.07 bits per heavy atom. The number of ether oxygens (including phenoxy) is 1. The highest BCUT2D eigenvalue weighted by molar-refractivity contribution is 6.02. The second kappa shape index (κ2) is 7.26. The molecule has 152 valence electrons. The third-order valence-corrected chi connectivity index (χ3v) is 4.80. The van der Waals surface area contributed by atoms with Gasteiger partial charge in [0, 0.05) is 6.20 Å². The Labute approximate surface area is 167 Å². The van der Waals surface area contributed by atoms with Crippen molar-refractivity contribution in [3.8, 4) is 5.88 Å². The zero-order valence-corrected chi connectivity index (χ0v) is 16.5. The lowest BCUT2D eigenvalue weighted by atomic mass is 9.91. The van der Waals surface area contributed by atoms with E-state index in [1.807, 2.05) is 18.7 Å². The van der Waals surface area contributed by atoms with Gasteiger partial charge in [-0.05, 0) is 13.3 Å². The molecular weight excluding hydrogens is 377 g/mol. The molecule has 1 aliphatic heterocycles. The number of aryl methyl sites for hydroxylation is 1. The summed E-state index contributed by atoms with van der Waals surface area (Å²) in [7, 11) is 1.49. The van der Waals surface area contributed by atoms with E-state index in [9.17, 15) is 9.18 Å². The fourth-order valence-electron chi connectivity index (χ4n) is 3.48. The van der Waals surface area contributed by atoms with Crippen LogP contribution >= 0.6 is 0 Å². The lowest BCUT2D eigenvalue weighted by Crippen LogP contribution is -2.59. The number of amides is 1. The van der Waals surface area contributed by atoms with Gasteiger partial charge in [-0.1, -0.05) is 13.3 Å². The van der Waals surface area contributed by atoms with Crippen molar-refractivity contribution in [1.82, 2.24) is 24.3 Å². The van der Waals surface area contributed by atoms with Gasteiger partial charge >= 0.3 is 0 Å². The molecule has 4 rings (SSSR count). The third-order valence-electron chi connectivity index (χ3n) is 4.80. The summed E-state index contributed by atoms with van der Waals surface area (Å²) >= 11 is 0. The van der Waals surface area contributed by atoms with Crippen LogP contribution in [0.3, 0.4) is 0 Å². The van der Waals surface area contributed by atoms with E-state index in [-0.39, 0.29) is 5.69 Å². The molecule has 1 aliphatic rings. The maximum Gasteiger partial charge on any atom is 0.277 e. The number of hydrogen-bond acceptors (Lipinski definition) is 7. The number of nitrogens with one attached hydrogen (secondary N) is 1. The van der Waals surface area contributed by atoms with E-state index in [2.05, 4.69) is 25.3 Å². The lowest BCUT2D eigenvalue weighted by Gasteiger charge is -2.45. The Morgan fingerprint density at radius 1 is 1.28 bits per heavy atom. The molecule has 9 nitrogen and oxygen atoms in total.